The summed E-state index contributed by atoms with van der Waals surface area (Å²) in [5.74, 6) is 2.39. The molecular weight excluding hydrogens is 236 g/mol. The zero-order valence-corrected chi connectivity index (χ0v) is 12.2. The lowest BCUT2D eigenvalue weighted by Gasteiger charge is -2.12. The smallest absolute Gasteiger partial charge is 0.122 e. The minimum atomic E-state index is 0.668. The largest absolute Gasteiger partial charge is 0.493 e. The maximum Gasteiger partial charge on any atom is 0.122 e. The van der Waals surface area contributed by atoms with Crippen molar-refractivity contribution in [2.45, 2.75) is 46.1 Å². The fourth-order valence-corrected chi connectivity index (χ4v) is 2.52. The van der Waals surface area contributed by atoms with Gasteiger partial charge in [-0.15, -0.1) is 0 Å². The van der Waals surface area contributed by atoms with Crippen molar-refractivity contribution in [1.82, 2.24) is 10.3 Å². The first-order valence-corrected chi connectivity index (χ1v) is 7.52. The predicted octanol–water partition coefficient (Wildman–Crippen LogP) is 3.40. The molecule has 0 aromatic carbocycles. The Morgan fingerprint density at radius 1 is 1.37 bits per heavy atom. The molecule has 3 heteroatoms. The Morgan fingerprint density at radius 3 is 2.89 bits per heavy atom. The van der Waals surface area contributed by atoms with Crippen molar-refractivity contribution in [2.75, 3.05) is 13.2 Å². The van der Waals surface area contributed by atoms with E-state index in [0.717, 1.165) is 37.1 Å². The molecule has 2 rings (SSSR count). The van der Waals surface area contributed by atoms with Crippen molar-refractivity contribution in [3.05, 3.63) is 24.0 Å². The van der Waals surface area contributed by atoms with Crippen LogP contribution < -0.4 is 10.1 Å². The lowest BCUT2D eigenvalue weighted by Crippen LogP contribution is -2.19. The van der Waals surface area contributed by atoms with Crippen LogP contribution in [0.2, 0.25) is 0 Å². The van der Waals surface area contributed by atoms with Gasteiger partial charge in [-0.05, 0) is 37.3 Å². The standard InChI is InChI=1S/C16H26N2O/c1-13(2)10-17-11-15-9-16(7-8-18-15)19-12-14-5-3-4-6-14/h7-9,13-14,17H,3-6,10-12H2,1-2H3. The predicted molar refractivity (Wildman–Crippen MR) is 78.2 cm³/mol. The maximum atomic E-state index is 5.89. The van der Waals surface area contributed by atoms with Gasteiger partial charge in [0.1, 0.15) is 5.75 Å². The van der Waals surface area contributed by atoms with E-state index in [-0.39, 0.29) is 0 Å². The highest BCUT2D eigenvalue weighted by Gasteiger charge is 2.15. The highest BCUT2D eigenvalue weighted by molar-refractivity contribution is 5.22. The molecule has 1 fully saturated rings. The van der Waals surface area contributed by atoms with Crippen LogP contribution in [0.3, 0.4) is 0 Å². The molecule has 1 aromatic heterocycles. The van der Waals surface area contributed by atoms with Crippen molar-refractivity contribution in [1.29, 1.82) is 0 Å². The highest BCUT2D eigenvalue weighted by atomic mass is 16.5. The molecular formula is C16H26N2O. The van der Waals surface area contributed by atoms with Gasteiger partial charge < -0.3 is 10.1 Å². The van der Waals surface area contributed by atoms with E-state index in [2.05, 4.69) is 30.2 Å². The second-order valence-electron chi connectivity index (χ2n) is 5.97. The third-order valence-corrected chi connectivity index (χ3v) is 3.61. The zero-order valence-electron chi connectivity index (χ0n) is 12.2. The molecule has 1 heterocycles. The second kappa shape index (κ2) is 7.49. The average Bonchev–Trinajstić information content (AvgIpc) is 2.89. The molecule has 3 nitrogen and oxygen atoms in total. The van der Waals surface area contributed by atoms with E-state index in [1.165, 1.54) is 25.7 Å². The molecule has 106 valence electrons. The Morgan fingerprint density at radius 2 is 2.16 bits per heavy atom. The van der Waals surface area contributed by atoms with Crippen LogP contribution in [0, 0.1) is 11.8 Å². The van der Waals surface area contributed by atoms with E-state index in [0.29, 0.717) is 5.92 Å². The first-order chi connectivity index (χ1) is 9.24. The highest BCUT2D eigenvalue weighted by Crippen LogP contribution is 2.25. The zero-order chi connectivity index (χ0) is 13.5. The van der Waals surface area contributed by atoms with Crippen molar-refractivity contribution >= 4 is 0 Å². The van der Waals surface area contributed by atoms with Crippen molar-refractivity contribution in [3.63, 3.8) is 0 Å². The first kappa shape index (κ1) is 14.3. The number of hydrogen-bond donors (Lipinski definition) is 1. The third kappa shape index (κ3) is 5.19. The van der Waals surface area contributed by atoms with Gasteiger partial charge in [0.15, 0.2) is 0 Å². The SMILES string of the molecule is CC(C)CNCc1cc(OCC2CCCC2)ccn1. The Bertz CT molecular complexity index is 373. The summed E-state index contributed by atoms with van der Waals surface area (Å²) in [6.07, 6.45) is 7.24. The quantitative estimate of drug-likeness (QED) is 0.818. The molecule has 1 aliphatic rings. The van der Waals surface area contributed by atoms with Gasteiger partial charge in [0.05, 0.1) is 12.3 Å². The minimum Gasteiger partial charge on any atom is -0.493 e. The summed E-state index contributed by atoms with van der Waals surface area (Å²) in [4.78, 5) is 4.37. The topological polar surface area (TPSA) is 34.1 Å². The van der Waals surface area contributed by atoms with Gasteiger partial charge in [-0.2, -0.15) is 0 Å². The molecule has 1 aliphatic carbocycles. The molecule has 19 heavy (non-hydrogen) atoms. The lowest BCUT2D eigenvalue weighted by molar-refractivity contribution is 0.251. The van der Waals surface area contributed by atoms with E-state index in [9.17, 15) is 0 Å². The fraction of sp³-hybridized carbons (Fsp3) is 0.688. The van der Waals surface area contributed by atoms with E-state index >= 15 is 0 Å². The van der Waals surface area contributed by atoms with Gasteiger partial charge >= 0.3 is 0 Å². The molecule has 0 saturated heterocycles. The van der Waals surface area contributed by atoms with E-state index in [4.69, 9.17) is 4.74 Å². The van der Waals surface area contributed by atoms with Crippen LogP contribution in [0.15, 0.2) is 18.3 Å². The van der Waals surface area contributed by atoms with Gasteiger partial charge in [-0.1, -0.05) is 26.7 Å². The summed E-state index contributed by atoms with van der Waals surface area (Å²) >= 11 is 0. The van der Waals surface area contributed by atoms with E-state index in [1.807, 2.05) is 12.3 Å². The molecule has 1 N–H and O–H groups in total. The Kier molecular flexibility index (Phi) is 5.64. The van der Waals surface area contributed by atoms with Crippen LogP contribution in [0.1, 0.15) is 45.2 Å². The second-order valence-corrected chi connectivity index (χ2v) is 5.97. The molecule has 0 atom stereocenters. The Hall–Kier alpha value is -1.09. The van der Waals surface area contributed by atoms with Crippen molar-refractivity contribution in [3.8, 4) is 5.75 Å². The number of pyridine rings is 1. The van der Waals surface area contributed by atoms with Crippen LogP contribution in [0.5, 0.6) is 5.75 Å². The number of nitrogens with one attached hydrogen (secondary N) is 1. The van der Waals surface area contributed by atoms with Crippen molar-refractivity contribution < 1.29 is 4.74 Å². The van der Waals surface area contributed by atoms with E-state index in [1.54, 1.807) is 0 Å². The maximum absolute atomic E-state index is 5.89. The van der Waals surface area contributed by atoms with Crippen LogP contribution in [0.4, 0.5) is 0 Å². The Labute approximate surface area is 116 Å². The molecule has 0 radical (unpaired) electrons. The first-order valence-electron chi connectivity index (χ1n) is 7.52. The van der Waals surface area contributed by atoms with Crippen LogP contribution in [0.25, 0.3) is 0 Å². The monoisotopic (exact) mass is 262 g/mol. The van der Waals surface area contributed by atoms with Gasteiger partial charge in [0.25, 0.3) is 0 Å². The summed E-state index contributed by atoms with van der Waals surface area (Å²) in [5, 5.41) is 3.41. The van der Waals surface area contributed by atoms with E-state index < -0.39 is 0 Å². The average molecular weight is 262 g/mol. The number of rotatable bonds is 7. The van der Waals surface area contributed by atoms with Gasteiger partial charge in [-0.25, -0.2) is 0 Å². The minimum absolute atomic E-state index is 0.668. The third-order valence-electron chi connectivity index (χ3n) is 3.61. The fourth-order valence-electron chi connectivity index (χ4n) is 2.52. The summed E-state index contributed by atoms with van der Waals surface area (Å²) in [5.41, 5.74) is 1.06. The van der Waals surface area contributed by atoms with Gasteiger partial charge in [0.2, 0.25) is 0 Å². The number of aromatic nitrogens is 1. The molecule has 0 aliphatic heterocycles. The molecule has 1 saturated carbocycles. The molecule has 0 bridgehead atoms. The summed E-state index contributed by atoms with van der Waals surface area (Å²) in [7, 11) is 0. The molecule has 1 aromatic rings. The molecule has 0 unspecified atom stereocenters. The van der Waals surface area contributed by atoms with Gasteiger partial charge in [-0.3, -0.25) is 4.98 Å². The van der Waals surface area contributed by atoms with Crippen LogP contribution >= 0.6 is 0 Å². The molecule has 0 spiro atoms. The normalized spacial score (nSPS) is 16.2. The van der Waals surface area contributed by atoms with Crippen LogP contribution in [-0.4, -0.2) is 18.1 Å². The van der Waals surface area contributed by atoms with Crippen molar-refractivity contribution in [2.24, 2.45) is 11.8 Å². The van der Waals surface area contributed by atoms with Crippen LogP contribution in [-0.2, 0) is 6.54 Å². The Balaban J connectivity index is 1.77. The summed E-state index contributed by atoms with van der Waals surface area (Å²) in [6, 6.07) is 4.02. The lowest BCUT2D eigenvalue weighted by atomic mass is 10.1. The number of nitrogens with zero attached hydrogens (tertiary/aromatic N) is 1. The summed E-state index contributed by atoms with van der Waals surface area (Å²) < 4.78 is 5.89. The molecule has 0 amide bonds. The van der Waals surface area contributed by atoms with Gasteiger partial charge in [0, 0.05) is 18.8 Å². The number of ether oxygens (including phenoxy) is 1. The number of hydrogen-bond acceptors (Lipinski definition) is 3. The summed E-state index contributed by atoms with van der Waals surface area (Å²) in [6.45, 7) is 7.12.